The van der Waals surface area contributed by atoms with Gasteiger partial charge >= 0.3 is 5.97 Å². The van der Waals surface area contributed by atoms with Crippen molar-refractivity contribution in [3.8, 4) is 0 Å². The van der Waals surface area contributed by atoms with Gasteiger partial charge in [0.25, 0.3) is 0 Å². The first-order valence-electron chi connectivity index (χ1n) is 9.17. The zero-order chi connectivity index (χ0) is 17.1. The van der Waals surface area contributed by atoms with Gasteiger partial charge in [-0.2, -0.15) is 0 Å². The zero-order valence-electron chi connectivity index (χ0n) is 15.2. The van der Waals surface area contributed by atoms with Crippen LogP contribution in [0.5, 0.6) is 0 Å². The van der Waals surface area contributed by atoms with Crippen LogP contribution >= 0.6 is 0 Å². The Morgan fingerprint density at radius 2 is 1.74 bits per heavy atom. The van der Waals surface area contributed by atoms with Crippen molar-refractivity contribution in [2.45, 2.75) is 83.8 Å². The van der Waals surface area contributed by atoms with Gasteiger partial charge < -0.3 is 9.84 Å². The Morgan fingerprint density at radius 1 is 1.09 bits per heavy atom. The summed E-state index contributed by atoms with van der Waals surface area (Å²) in [6.45, 7) is 12.7. The third-order valence-corrected chi connectivity index (χ3v) is 7.76. The topological polar surface area (TPSA) is 46.5 Å². The highest BCUT2D eigenvalue weighted by Crippen LogP contribution is 2.65. The highest BCUT2D eigenvalue weighted by atomic mass is 16.5. The number of hydrogen-bond donors (Lipinski definition) is 1. The molecular formula is C20H32O3. The standard InChI is InChI=1S/C20H32O3/c1-6-17(2)12-8-15-18(3)10-7-11-19(4,16(21)22)14(18)9-13-20(15,5)23-17/h6,14-15H,1,7-13H2,2-5H3,(H,21,22)/t14-,15-,17+,18-,19+,20+/m1/s1. The first kappa shape index (κ1) is 17.0. The minimum Gasteiger partial charge on any atom is -0.481 e. The second kappa shape index (κ2) is 5.08. The van der Waals surface area contributed by atoms with Crippen LogP contribution in [0.3, 0.4) is 0 Å². The fourth-order valence-corrected chi connectivity index (χ4v) is 6.45. The van der Waals surface area contributed by atoms with Gasteiger partial charge in [0.2, 0.25) is 0 Å². The molecule has 0 aromatic rings. The van der Waals surface area contributed by atoms with Crippen LogP contribution in [0.25, 0.3) is 0 Å². The molecule has 1 saturated heterocycles. The van der Waals surface area contributed by atoms with Crippen molar-refractivity contribution in [2.24, 2.45) is 22.7 Å². The van der Waals surface area contributed by atoms with Gasteiger partial charge in [-0.05, 0) is 76.5 Å². The number of rotatable bonds is 2. The smallest absolute Gasteiger partial charge is 0.309 e. The van der Waals surface area contributed by atoms with E-state index in [0.717, 1.165) is 44.9 Å². The SMILES string of the molecule is C=C[C@@]1(C)CC[C@@H]2[C@]3(C)CCC[C@](C)(C(=O)O)[C@@H]3CC[C@]2(C)O1. The van der Waals surface area contributed by atoms with Crippen molar-refractivity contribution in [1.82, 2.24) is 0 Å². The highest BCUT2D eigenvalue weighted by Gasteiger charge is 2.63. The molecule has 1 N–H and O–H groups in total. The summed E-state index contributed by atoms with van der Waals surface area (Å²) in [6, 6.07) is 0. The average molecular weight is 320 g/mol. The molecule has 0 radical (unpaired) electrons. The normalized spacial score (nSPS) is 53.0. The fraction of sp³-hybridized carbons (Fsp3) is 0.850. The Hall–Kier alpha value is -0.830. The molecule has 6 atom stereocenters. The Morgan fingerprint density at radius 3 is 2.35 bits per heavy atom. The fourth-order valence-electron chi connectivity index (χ4n) is 6.45. The van der Waals surface area contributed by atoms with Crippen LogP contribution < -0.4 is 0 Å². The molecule has 3 rings (SSSR count). The van der Waals surface area contributed by atoms with Gasteiger partial charge in [-0.1, -0.05) is 19.4 Å². The van der Waals surface area contributed by atoms with Crippen molar-refractivity contribution in [3.05, 3.63) is 12.7 Å². The molecule has 23 heavy (non-hydrogen) atoms. The van der Waals surface area contributed by atoms with E-state index in [1.54, 1.807) is 0 Å². The first-order valence-corrected chi connectivity index (χ1v) is 9.17. The van der Waals surface area contributed by atoms with Crippen molar-refractivity contribution in [2.75, 3.05) is 0 Å². The molecule has 0 unspecified atom stereocenters. The molecule has 2 saturated carbocycles. The molecule has 130 valence electrons. The van der Waals surface area contributed by atoms with E-state index in [1.807, 2.05) is 13.0 Å². The maximum absolute atomic E-state index is 12.0. The summed E-state index contributed by atoms with van der Waals surface area (Å²) in [5.74, 6) is 0.0986. The van der Waals surface area contributed by atoms with Gasteiger partial charge in [0.05, 0.1) is 16.6 Å². The summed E-state index contributed by atoms with van der Waals surface area (Å²) < 4.78 is 6.59. The zero-order valence-corrected chi connectivity index (χ0v) is 15.2. The molecule has 1 heterocycles. The maximum atomic E-state index is 12.0. The Balaban J connectivity index is 1.97. The number of ether oxygens (including phenoxy) is 1. The van der Waals surface area contributed by atoms with Gasteiger partial charge in [0.1, 0.15) is 0 Å². The van der Waals surface area contributed by atoms with E-state index < -0.39 is 11.4 Å². The minimum atomic E-state index is -0.607. The first-order chi connectivity index (χ1) is 10.6. The van der Waals surface area contributed by atoms with E-state index in [2.05, 4.69) is 27.4 Å². The number of carboxylic acids is 1. The molecule has 0 bridgehead atoms. The van der Waals surface area contributed by atoms with Crippen molar-refractivity contribution in [3.63, 3.8) is 0 Å². The van der Waals surface area contributed by atoms with E-state index in [4.69, 9.17) is 4.74 Å². The lowest BCUT2D eigenvalue weighted by Gasteiger charge is -2.64. The van der Waals surface area contributed by atoms with E-state index >= 15 is 0 Å². The van der Waals surface area contributed by atoms with Crippen LogP contribution in [0.1, 0.15) is 72.6 Å². The minimum absolute atomic E-state index is 0.0703. The molecule has 3 heteroatoms. The molecule has 0 amide bonds. The lowest BCUT2D eigenvalue weighted by Crippen LogP contribution is -2.63. The van der Waals surface area contributed by atoms with Crippen LogP contribution in [0.2, 0.25) is 0 Å². The van der Waals surface area contributed by atoms with Crippen molar-refractivity contribution in [1.29, 1.82) is 0 Å². The summed E-state index contributed by atoms with van der Waals surface area (Å²) >= 11 is 0. The summed E-state index contributed by atoms with van der Waals surface area (Å²) in [7, 11) is 0. The summed E-state index contributed by atoms with van der Waals surface area (Å²) in [4.78, 5) is 12.0. The molecule has 0 aromatic heterocycles. The Kier molecular flexibility index (Phi) is 3.76. The third-order valence-electron chi connectivity index (χ3n) is 7.76. The molecule has 3 fully saturated rings. The Bertz CT molecular complexity index is 529. The van der Waals surface area contributed by atoms with Gasteiger partial charge in [-0.25, -0.2) is 0 Å². The van der Waals surface area contributed by atoms with Crippen molar-refractivity contribution < 1.29 is 14.6 Å². The van der Waals surface area contributed by atoms with Gasteiger partial charge in [0.15, 0.2) is 0 Å². The molecule has 3 aliphatic rings. The lowest BCUT2D eigenvalue weighted by atomic mass is 9.44. The van der Waals surface area contributed by atoms with Gasteiger partial charge in [-0.3, -0.25) is 4.79 Å². The van der Waals surface area contributed by atoms with Crippen LogP contribution in [-0.4, -0.2) is 22.3 Å². The molecule has 0 aromatic carbocycles. The molecule has 3 nitrogen and oxygen atoms in total. The predicted octanol–water partition coefficient (Wildman–Crippen LogP) is 4.81. The molecule has 2 aliphatic carbocycles. The molecule has 0 spiro atoms. The monoisotopic (exact) mass is 320 g/mol. The number of hydrogen-bond acceptors (Lipinski definition) is 2. The number of aliphatic carboxylic acids is 1. The van der Waals surface area contributed by atoms with E-state index in [9.17, 15) is 9.90 Å². The molecular weight excluding hydrogens is 288 g/mol. The van der Waals surface area contributed by atoms with Crippen LogP contribution in [0.15, 0.2) is 12.7 Å². The number of carbonyl (C=O) groups is 1. The second-order valence-electron chi connectivity index (χ2n) is 9.20. The quantitative estimate of drug-likeness (QED) is 0.743. The van der Waals surface area contributed by atoms with Crippen LogP contribution in [-0.2, 0) is 9.53 Å². The lowest BCUT2D eigenvalue weighted by molar-refractivity contribution is -0.254. The molecule has 1 aliphatic heterocycles. The number of fused-ring (bicyclic) bond motifs is 3. The van der Waals surface area contributed by atoms with E-state index in [1.165, 1.54) is 0 Å². The summed E-state index contributed by atoms with van der Waals surface area (Å²) in [5.41, 5.74) is -0.892. The predicted molar refractivity (Wildman–Crippen MR) is 91.2 cm³/mol. The van der Waals surface area contributed by atoms with Gasteiger partial charge in [-0.15, -0.1) is 6.58 Å². The third kappa shape index (κ3) is 2.30. The second-order valence-corrected chi connectivity index (χ2v) is 9.20. The highest BCUT2D eigenvalue weighted by molar-refractivity contribution is 5.75. The summed E-state index contributed by atoms with van der Waals surface area (Å²) in [5, 5.41) is 9.89. The largest absolute Gasteiger partial charge is 0.481 e. The maximum Gasteiger partial charge on any atom is 0.309 e. The Labute approximate surface area is 140 Å². The average Bonchev–Trinajstić information content (AvgIpc) is 2.45. The van der Waals surface area contributed by atoms with E-state index in [0.29, 0.717) is 5.92 Å². The van der Waals surface area contributed by atoms with Crippen LogP contribution in [0, 0.1) is 22.7 Å². The summed E-state index contributed by atoms with van der Waals surface area (Å²) in [6.07, 6.45) is 8.94. The van der Waals surface area contributed by atoms with E-state index in [-0.39, 0.29) is 22.5 Å². The van der Waals surface area contributed by atoms with Crippen LogP contribution in [0.4, 0.5) is 0 Å². The van der Waals surface area contributed by atoms with Crippen molar-refractivity contribution >= 4 is 5.97 Å². The van der Waals surface area contributed by atoms with Gasteiger partial charge in [0, 0.05) is 0 Å². The number of carboxylic acid groups (broad SMARTS) is 1.